The summed E-state index contributed by atoms with van der Waals surface area (Å²) in [7, 11) is 2.01. The van der Waals surface area contributed by atoms with Crippen LogP contribution in [0.2, 0.25) is 5.02 Å². The maximum atomic E-state index is 6.24. The van der Waals surface area contributed by atoms with Crippen LogP contribution in [0, 0.1) is 0 Å². The lowest BCUT2D eigenvalue weighted by Crippen LogP contribution is -2.31. The minimum Gasteiger partial charge on any atom is -0.366 e. The topological polar surface area (TPSA) is 45.1 Å². The third-order valence-electron chi connectivity index (χ3n) is 4.15. The molecule has 2 aliphatic rings. The molecule has 3 heterocycles. The van der Waals surface area contributed by atoms with Gasteiger partial charge in [0.15, 0.2) is 0 Å². The Labute approximate surface area is 122 Å². The summed E-state index contributed by atoms with van der Waals surface area (Å²) >= 11 is 6.24. The Morgan fingerprint density at radius 2 is 2.25 bits per heavy atom. The number of fused-ring (bicyclic) bond motifs is 2. The van der Waals surface area contributed by atoms with Crippen LogP contribution in [0.4, 0.5) is 11.4 Å². The molecule has 0 amide bonds. The Bertz CT molecular complexity index is 678. The van der Waals surface area contributed by atoms with Gasteiger partial charge in [-0.2, -0.15) is 5.10 Å². The number of nitrogens with one attached hydrogen (secondary N) is 2. The van der Waals surface area contributed by atoms with E-state index in [-0.39, 0.29) is 0 Å². The molecule has 6 heteroatoms. The molecule has 0 atom stereocenters. The highest BCUT2D eigenvalue weighted by atomic mass is 35.5. The van der Waals surface area contributed by atoms with Crippen molar-refractivity contribution in [3.63, 3.8) is 0 Å². The number of hydrogen-bond acceptors (Lipinski definition) is 4. The fraction of sp³-hybridized carbons (Fsp3) is 0.357. The number of nitrogens with zero attached hydrogens (tertiary/aromatic N) is 3. The number of anilines is 2. The summed E-state index contributed by atoms with van der Waals surface area (Å²) in [6.07, 6.45) is 3.00. The predicted octanol–water partition coefficient (Wildman–Crippen LogP) is 2.07. The lowest BCUT2D eigenvalue weighted by molar-refractivity contribution is 0.654. The third kappa shape index (κ3) is 1.77. The maximum Gasteiger partial charge on any atom is 0.0568 e. The second-order valence-corrected chi connectivity index (χ2v) is 5.78. The number of halogens is 1. The predicted molar refractivity (Wildman–Crippen MR) is 79.9 cm³/mol. The summed E-state index contributed by atoms with van der Waals surface area (Å²) < 4.78 is 1.98. The molecule has 0 aliphatic carbocycles. The molecule has 0 fully saturated rings. The lowest BCUT2D eigenvalue weighted by Gasteiger charge is -2.30. The number of rotatable bonds is 1. The molecular formula is C14H16ClN5. The Morgan fingerprint density at radius 1 is 1.35 bits per heavy atom. The molecule has 20 heavy (non-hydrogen) atoms. The molecule has 0 saturated carbocycles. The van der Waals surface area contributed by atoms with Gasteiger partial charge in [0.25, 0.3) is 0 Å². The normalized spacial score (nSPS) is 16.8. The molecule has 4 rings (SSSR count). The van der Waals surface area contributed by atoms with Gasteiger partial charge in [0.05, 0.1) is 11.9 Å². The Kier molecular flexibility index (Phi) is 2.65. The monoisotopic (exact) mass is 289 g/mol. The number of benzene rings is 1. The Morgan fingerprint density at radius 3 is 3.15 bits per heavy atom. The van der Waals surface area contributed by atoms with Crippen molar-refractivity contribution in [1.29, 1.82) is 0 Å². The van der Waals surface area contributed by atoms with Crippen LogP contribution in [0.3, 0.4) is 0 Å². The third-order valence-corrected chi connectivity index (χ3v) is 4.37. The molecule has 0 bridgehead atoms. The van der Waals surface area contributed by atoms with Gasteiger partial charge in [-0.15, -0.1) is 0 Å². The van der Waals surface area contributed by atoms with E-state index in [1.54, 1.807) is 0 Å². The minimum atomic E-state index is 0.770. The van der Waals surface area contributed by atoms with Crippen molar-refractivity contribution in [3.05, 3.63) is 40.2 Å². The van der Waals surface area contributed by atoms with Crippen molar-refractivity contribution in [3.8, 4) is 0 Å². The molecule has 5 nitrogen and oxygen atoms in total. The highest BCUT2D eigenvalue weighted by Crippen LogP contribution is 2.36. The van der Waals surface area contributed by atoms with Gasteiger partial charge in [-0.1, -0.05) is 11.6 Å². The van der Waals surface area contributed by atoms with Crippen LogP contribution in [0.5, 0.6) is 0 Å². The molecule has 0 saturated heterocycles. The molecular weight excluding hydrogens is 274 g/mol. The first-order valence-electron chi connectivity index (χ1n) is 6.78. The molecule has 2 aliphatic heterocycles. The van der Waals surface area contributed by atoms with Crippen molar-refractivity contribution in [1.82, 2.24) is 15.2 Å². The molecule has 0 unspecified atom stereocenters. The van der Waals surface area contributed by atoms with Gasteiger partial charge in [-0.3, -0.25) is 4.68 Å². The van der Waals surface area contributed by atoms with E-state index >= 15 is 0 Å². The molecule has 0 radical (unpaired) electrons. The molecule has 104 valence electrons. The van der Waals surface area contributed by atoms with E-state index in [9.17, 15) is 0 Å². The van der Waals surface area contributed by atoms with Crippen molar-refractivity contribution in [2.75, 3.05) is 16.9 Å². The van der Waals surface area contributed by atoms with Gasteiger partial charge in [0.1, 0.15) is 0 Å². The van der Waals surface area contributed by atoms with Crippen LogP contribution < -0.4 is 15.8 Å². The quantitative estimate of drug-likeness (QED) is 0.844. The fourth-order valence-electron chi connectivity index (χ4n) is 3.12. The van der Waals surface area contributed by atoms with Crippen LogP contribution in [0.25, 0.3) is 0 Å². The second-order valence-electron chi connectivity index (χ2n) is 5.34. The summed E-state index contributed by atoms with van der Waals surface area (Å²) in [5.41, 5.74) is 12.6. The number of aryl methyl sites for hydroxylation is 1. The summed E-state index contributed by atoms with van der Waals surface area (Å²) in [6.45, 7) is 2.73. The average Bonchev–Trinajstić information content (AvgIpc) is 3.04. The minimum absolute atomic E-state index is 0.770. The van der Waals surface area contributed by atoms with E-state index in [4.69, 9.17) is 11.6 Å². The van der Waals surface area contributed by atoms with Crippen molar-refractivity contribution in [2.45, 2.75) is 19.5 Å². The largest absolute Gasteiger partial charge is 0.366 e. The first-order valence-corrected chi connectivity index (χ1v) is 7.16. The van der Waals surface area contributed by atoms with E-state index in [0.29, 0.717) is 0 Å². The van der Waals surface area contributed by atoms with Crippen LogP contribution in [0.15, 0.2) is 18.3 Å². The van der Waals surface area contributed by atoms with Crippen molar-refractivity contribution in [2.24, 2.45) is 7.05 Å². The Balaban J connectivity index is 1.73. The SMILES string of the molecule is Cn1ncc2c1CCN(c1cc(Cl)cc3c1CNN3)C2. The van der Waals surface area contributed by atoms with Crippen molar-refractivity contribution < 1.29 is 0 Å². The highest BCUT2D eigenvalue weighted by Gasteiger charge is 2.24. The summed E-state index contributed by atoms with van der Waals surface area (Å²) in [5.74, 6) is 0. The molecule has 2 N–H and O–H groups in total. The van der Waals surface area contributed by atoms with E-state index in [2.05, 4.69) is 26.9 Å². The zero-order valence-electron chi connectivity index (χ0n) is 11.3. The van der Waals surface area contributed by atoms with Gasteiger partial charge in [-0.25, -0.2) is 5.43 Å². The van der Waals surface area contributed by atoms with Crippen LogP contribution in [0.1, 0.15) is 16.8 Å². The number of hydrazine groups is 1. The van der Waals surface area contributed by atoms with Gasteiger partial charge in [0, 0.05) is 60.6 Å². The van der Waals surface area contributed by atoms with Crippen molar-refractivity contribution >= 4 is 23.0 Å². The summed E-state index contributed by atoms with van der Waals surface area (Å²) in [6, 6.07) is 4.04. The van der Waals surface area contributed by atoms with E-state index in [0.717, 1.165) is 36.8 Å². The second kappa shape index (κ2) is 4.40. The van der Waals surface area contributed by atoms with Gasteiger partial charge in [0.2, 0.25) is 0 Å². The lowest BCUT2D eigenvalue weighted by atomic mass is 10.0. The molecule has 0 spiro atoms. The summed E-state index contributed by atoms with van der Waals surface area (Å²) in [5, 5.41) is 5.13. The fourth-order valence-corrected chi connectivity index (χ4v) is 3.34. The van der Waals surface area contributed by atoms with Gasteiger partial charge >= 0.3 is 0 Å². The standard InChI is InChI=1S/C14H16ClN5/c1-19-13-2-3-20(8-9(13)6-17-19)14-5-10(15)4-12-11(14)7-16-18-12/h4-6,16,18H,2-3,7-8H2,1H3. The van der Waals surface area contributed by atoms with E-state index in [1.807, 2.05) is 24.0 Å². The van der Waals surface area contributed by atoms with E-state index < -0.39 is 0 Å². The first kappa shape index (κ1) is 12.1. The van der Waals surface area contributed by atoms with Crippen LogP contribution in [-0.2, 0) is 26.6 Å². The smallest absolute Gasteiger partial charge is 0.0568 e. The number of hydrogen-bond donors (Lipinski definition) is 2. The van der Waals surface area contributed by atoms with Gasteiger partial charge < -0.3 is 10.3 Å². The average molecular weight is 290 g/mol. The zero-order chi connectivity index (χ0) is 13.7. The maximum absolute atomic E-state index is 6.24. The number of aromatic nitrogens is 2. The zero-order valence-corrected chi connectivity index (χ0v) is 12.0. The molecule has 1 aromatic heterocycles. The Hall–Kier alpha value is -1.72. The molecule has 2 aromatic rings. The van der Waals surface area contributed by atoms with Crippen LogP contribution in [-0.4, -0.2) is 16.3 Å². The summed E-state index contributed by atoms with van der Waals surface area (Å²) in [4.78, 5) is 2.39. The molecule has 1 aromatic carbocycles. The van der Waals surface area contributed by atoms with Gasteiger partial charge in [-0.05, 0) is 12.1 Å². The van der Waals surface area contributed by atoms with Crippen LogP contribution >= 0.6 is 11.6 Å². The highest BCUT2D eigenvalue weighted by molar-refractivity contribution is 6.31. The first-order chi connectivity index (χ1) is 9.72. The van der Waals surface area contributed by atoms with E-state index in [1.165, 1.54) is 22.5 Å².